The van der Waals surface area contributed by atoms with Crippen molar-refractivity contribution < 1.29 is 9.59 Å². The molecule has 1 aromatic carbocycles. The molecule has 10 heteroatoms. The summed E-state index contributed by atoms with van der Waals surface area (Å²) in [5.74, 6) is -0.131. The molecule has 5 rings (SSSR count). The number of aromatic nitrogens is 4. The van der Waals surface area contributed by atoms with Gasteiger partial charge in [0, 0.05) is 25.8 Å². The maximum atomic E-state index is 13.7. The second-order valence-electron chi connectivity index (χ2n) is 10.2. The Kier molecular flexibility index (Phi) is 7.52. The molecule has 0 radical (unpaired) electrons. The molecule has 0 bridgehead atoms. The van der Waals surface area contributed by atoms with Crippen molar-refractivity contribution in [3.8, 4) is 5.69 Å². The standard InChI is InChI=1S/C29H31ClN6O3/c1-17-4-11-25-26(12-17)35(29(39)36(25)22-9-10-24(33-15-22)28(38)31-3)16-19-5-7-21(8-6-19)34-27(37)23-13-20(30)14-32-18(23)2/h4,9-15,19,21H,5-8,16H2,1-3H3,(H,31,38)(H,34,37). The first-order valence-corrected chi connectivity index (χ1v) is 13.5. The van der Waals surface area contributed by atoms with Gasteiger partial charge in [0.15, 0.2) is 0 Å². The Balaban J connectivity index is 1.33. The van der Waals surface area contributed by atoms with Crippen LogP contribution in [0.25, 0.3) is 16.7 Å². The molecule has 0 spiro atoms. The monoisotopic (exact) mass is 546 g/mol. The zero-order valence-electron chi connectivity index (χ0n) is 22.2. The van der Waals surface area contributed by atoms with Crippen LogP contribution in [0, 0.1) is 19.8 Å². The van der Waals surface area contributed by atoms with Crippen LogP contribution in [0.15, 0.2) is 53.6 Å². The average Bonchev–Trinajstić information content (AvgIpc) is 3.20. The minimum atomic E-state index is -0.280. The molecule has 3 aromatic heterocycles. The van der Waals surface area contributed by atoms with Crippen LogP contribution in [0.3, 0.4) is 0 Å². The number of pyridine rings is 2. The maximum Gasteiger partial charge on any atom is 0.333 e. The summed E-state index contributed by atoms with van der Waals surface area (Å²) in [6, 6.07) is 11.1. The van der Waals surface area contributed by atoms with E-state index in [-0.39, 0.29) is 23.5 Å². The average molecular weight is 547 g/mol. The highest BCUT2D eigenvalue weighted by molar-refractivity contribution is 6.30. The number of carbonyl (C=O) groups excluding carboxylic acids is 2. The Morgan fingerprint density at radius 1 is 0.974 bits per heavy atom. The third kappa shape index (κ3) is 5.45. The number of carbonyl (C=O) groups is 2. The molecule has 39 heavy (non-hydrogen) atoms. The fourth-order valence-corrected chi connectivity index (χ4v) is 5.48. The van der Waals surface area contributed by atoms with Gasteiger partial charge in [-0.25, -0.2) is 9.78 Å². The van der Waals surface area contributed by atoms with Crippen LogP contribution in [0.5, 0.6) is 0 Å². The van der Waals surface area contributed by atoms with E-state index in [9.17, 15) is 14.4 Å². The smallest absolute Gasteiger partial charge is 0.333 e. The Bertz CT molecular complexity index is 1600. The Morgan fingerprint density at radius 2 is 1.74 bits per heavy atom. The predicted molar refractivity (Wildman–Crippen MR) is 151 cm³/mol. The summed E-state index contributed by atoms with van der Waals surface area (Å²) in [4.78, 5) is 46.9. The van der Waals surface area contributed by atoms with Gasteiger partial charge < -0.3 is 10.6 Å². The summed E-state index contributed by atoms with van der Waals surface area (Å²) in [6.45, 7) is 4.40. The second-order valence-corrected chi connectivity index (χ2v) is 10.6. The number of aryl methyl sites for hydroxylation is 2. The molecule has 1 saturated carbocycles. The number of amides is 2. The van der Waals surface area contributed by atoms with Crippen molar-refractivity contribution in [3.63, 3.8) is 0 Å². The molecular formula is C29H31ClN6O3. The van der Waals surface area contributed by atoms with Crippen LogP contribution in [-0.4, -0.2) is 44.0 Å². The van der Waals surface area contributed by atoms with Gasteiger partial charge in [-0.05, 0) is 81.3 Å². The van der Waals surface area contributed by atoms with Crippen molar-refractivity contribution >= 4 is 34.4 Å². The lowest BCUT2D eigenvalue weighted by Crippen LogP contribution is -2.39. The highest BCUT2D eigenvalue weighted by atomic mass is 35.5. The topological polar surface area (TPSA) is 111 Å². The van der Waals surface area contributed by atoms with Gasteiger partial charge in [0.2, 0.25) is 0 Å². The lowest BCUT2D eigenvalue weighted by Gasteiger charge is -2.29. The first kappa shape index (κ1) is 26.6. The van der Waals surface area contributed by atoms with Gasteiger partial charge in [-0.1, -0.05) is 17.7 Å². The summed E-state index contributed by atoms with van der Waals surface area (Å²) < 4.78 is 3.50. The van der Waals surface area contributed by atoms with Gasteiger partial charge in [-0.15, -0.1) is 0 Å². The fourth-order valence-electron chi connectivity index (χ4n) is 5.32. The van der Waals surface area contributed by atoms with Crippen LogP contribution < -0.4 is 16.3 Å². The Morgan fingerprint density at radius 3 is 2.44 bits per heavy atom. The van der Waals surface area contributed by atoms with Gasteiger partial charge in [-0.3, -0.25) is 23.7 Å². The molecule has 3 heterocycles. The highest BCUT2D eigenvalue weighted by Crippen LogP contribution is 2.28. The number of hydrogen-bond acceptors (Lipinski definition) is 5. The van der Waals surface area contributed by atoms with Crippen molar-refractivity contribution in [2.24, 2.45) is 5.92 Å². The molecule has 9 nitrogen and oxygen atoms in total. The minimum absolute atomic E-state index is 0.0670. The molecule has 0 atom stereocenters. The van der Waals surface area contributed by atoms with Crippen molar-refractivity contribution in [3.05, 3.63) is 86.8 Å². The minimum Gasteiger partial charge on any atom is -0.354 e. The Labute approximate surface area is 231 Å². The lowest BCUT2D eigenvalue weighted by molar-refractivity contribution is 0.0917. The van der Waals surface area contributed by atoms with Gasteiger partial charge in [0.1, 0.15) is 5.69 Å². The zero-order valence-corrected chi connectivity index (χ0v) is 23.0. The van der Waals surface area contributed by atoms with Crippen LogP contribution >= 0.6 is 11.6 Å². The zero-order chi connectivity index (χ0) is 27.7. The lowest BCUT2D eigenvalue weighted by atomic mass is 9.85. The third-order valence-electron chi connectivity index (χ3n) is 7.47. The van der Waals surface area contributed by atoms with Crippen LogP contribution in [0.4, 0.5) is 0 Å². The molecule has 2 amide bonds. The molecule has 0 unspecified atom stereocenters. The number of nitrogens with zero attached hydrogens (tertiary/aromatic N) is 4. The summed E-state index contributed by atoms with van der Waals surface area (Å²) >= 11 is 6.04. The van der Waals surface area contributed by atoms with E-state index in [1.807, 2.05) is 29.7 Å². The van der Waals surface area contributed by atoms with E-state index in [4.69, 9.17) is 11.6 Å². The first-order chi connectivity index (χ1) is 18.7. The second kappa shape index (κ2) is 11.0. The SMILES string of the molecule is CNC(=O)c1ccc(-n2c(=O)n(CC3CCC(NC(=O)c4cc(Cl)cnc4C)CC3)c3cc(C)ccc32)cn1. The summed E-state index contributed by atoms with van der Waals surface area (Å²) in [5.41, 5.74) is 4.65. The van der Waals surface area contributed by atoms with E-state index in [2.05, 4.69) is 20.6 Å². The normalized spacial score (nSPS) is 17.2. The summed E-state index contributed by atoms with van der Waals surface area (Å²) in [6.07, 6.45) is 6.55. The predicted octanol–water partition coefficient (Wildman–Crippen LogP) is 4.20. The van der Waals surface area contributed by atoms with Gasteiger partial charge in [0.25, 0.3) is 11.8 Å². The number of rotatable bonds is 6. The number of fused-ring (bicyclic) bond motifs is 1. The van der Waals surface area contributed by atoms with E-state index < -0.39 is 0 Å². The van der Waals surface area contributed by atoms with E-state index in [0.29, 0.717) is 40.1 Å². The van der Waals surface area contributed by atoms with E-state index in [0.717, 1.165) is 42.3 Å². The van der Waals surface area contributed by atoms with Gasteiger partial charge in [0.05, 0.1) is 39.2 Å². The number of imidazole rings is 1. The Hall–Kier alpha value is -3.98. The molecule has 4 aromatic rings. The summed E-state index contributed by atoms with van der Waals surface area (Å²) in [5, 5.41) is 6.13. The number of halogens is 1. The molecule has 202 valence electrons. The van der Waals surface area contributed by atoms with E-state index in [1.54, 1.807) is 42.9 Å². The van der Waals surface area contributed by atoms with E-state index in [1.165, 1.54) is 6.20 Å². The van der Waals surface area contributed by atoms with Crippen molar-refractivity contribution in [2.45, 2.75) is 52.1 Å². The highest BCUT2D eigenvalue weighted by Gasteiger charge is 2.26. The van der Waals surface area contributed by atoms with E-state index >= 15 is 0 Å². The number of benzene rings is 1. The molecule has 0 saturated heterocycles. The molecule has 0 aliphatic heterocycles. The van der Waals surface area contributed by atoms with Crippen LogP contribution in [0.2, 0.25) is 5.02 Å². The van der Waals surface area contributed by atoms with Gasteiger partial charge >= 0.3 is 5.69 Å². The molecule has 1 aliphatic rings. The molecule has 1 fully saturated rings. The van der Waals surface area contributed by atoms with Crippen LogP contribution in [0.1, 0.15) is 57.8 Å². The molecule has 2 N–H and O–H groups in total. The van der Waals surface area contributed by atoms with Crippen molar-refractivity contribution in [1.29, 1.82) is 0 Å². The molecule has 1 aliphatic carbocycles. The summed E-state index contributed by atoms with van der Waals surface area (Å²) in [7, 11) is 1.55. The molecular weight excluding hydrogens is 516 g/mol. The third-order valence-corrected chi connectivity index (χ3v) is 7.68. The maximum absolute atomic E-state index is 13.7. The fraction of sp³-hybridized carbons (Fsp3) is 0.345. The van der Waals surface area contributed by atoms with Crippen molar-refractivity contribution in [1.82, 2.24) is 29.7 Å². The number of hydrogen-bond donors (Lipinski definition) is 2. The van der Waals surface area contributed by atoms with Crippen LogP contribution in [-0.2, 0) is 6.54 Å². The van der Waals surface area contributed by atoms with Crippen molar-refractivity contribution in [2.75, 3.05) is 7.05 Å². The number of nitrogens with one attached hydrogen (secondary N) is 2. The quantitative estimate of drug-likeness (QED) is 0.376. The van der Waals surface area contributed by atoms with Gasteiger partial charge in [-0.2, -0.15) is 0 Å². The first-order valence-electron chi connectivity index (χ1n) is 13.1. The largest absolute Gasteiger partial charge is 0.354 e.